The van der Waals surface area contributed by atoms with E-state index >= 15 is 0 Å². The van der Waals surface area contributed by atoms with Crippen molar-refractivity contribution in [3.63, 3.8) is 0 Å². The van der Waals surface area contributed by atoms with Gasteiger partial charge < -0.3 is 15.3 Å². The molecule has 0 aromatic carbocycles. The van der Waals surface area contributed by atoms with Gasteiger partial charge in [-0.1, -0.05) is 73.8 Å². The molecule has 0 aromatic rings. The van der Waals surface area contributed by atoms with Crippen LogP contribution in [0.2, 0.25) is 0 Å². The number of aliphatic carboxylic acids is 1. The molecule has 0 saturated heterocycles. The molecule has 5 heteroatoms. The summed E-state index contributed by atoms with van der Waals surface area (Å²) in [5.41, 5.74) is 0. The van der Waals surface area contributed by atoms with Crippen molar-refractivity contribution in [3.8, 4) is 0 Å². The van der Waals surface area contributed by atoms with Crippen LogP contribution in [0.4, 0.5) is 0 Å². The topological polar surface area (TPSA) is 94.8 Å². The first-order chi connectivity index (χ1) is 13.0. The zero-order chi connectivity index (χ0) is 20.3. The van der Waals surface area contributed by atoms with Gasteiger partial charge in [0.1, 0.15) is 6.10 Å². The Morgan fingerprint density at radius 2 is 1.48 bits per heavy atom. The fraction of sp³-hybridized carbons (Fsp3) is 0.364. The van der Waals surface area contributed by atoms with Gasteiger partial charge in [0.2, 0.25) is 0 Å². The van der Waals surface area contributed by atoms with Gasteiger partial charge in [-0.3, -0.25) is 9.59 Å². The van der Waals surface area contributed by atoms with E-state index in [2.05, 4.69) is 0 Å². The second-order valence-electron chi connectivity index (χ2n) is 5.75. The Kier molecular flexibility index (Phi) is 15.4. The van der Waals surface area contributed by atoms with Gasteiger partial charge in [-0.2, -0.15) is 0 Å². The van der Waals surface area contributed by atoms with Crippen LogP contribution in [0.15, 0.2) is 72.9 Å². The number of carbonyl (C=O) groups is 2. The Morgan fingerprint density at radius 1 is 0.852 bits per heavy atom. The second kappa shape index (κ2) is 16.9. The molecule has 3 N–H and O–H groups in total. The monoisotopic (exact) mass is 374 g/mol. The summed E-state index contributed by atoms with van der Waals surface area (Å²) in [7, 11) is 0. The fourth-order valence-corrected chi connectivity index (χ4v) is 1.86. The van der Waals surface area contributed by atoms with E-state index in [0.717, 1.165) is 6.42 Å². The van der Waals surface area contributed by atoms with Crippen LogP contribution in [0.3, 0.4) is 0 Å². The van der Waals surface area contributed by atoms with E-state index in [1.807, 2.05) is 19.1 Å². The van der Waals surface area contributed by atoms with Gasteiger partial charge in [0.25, 0.3) is 0 Å². The third-order valence-electron chi connectivity index (χ3n) is 3.31. The highest BCUT2D eigenvalue weighted by molar-refractivity contribution is 5.93. The lowest BCUT2D eigenvalue weighted by Crippen LogP contribution is -2.16. The number of hydrogen-bond donors (Lipinski definition) is 3. The fourth-order valence-electron chi connectivity index (χ4n) is 1.86. The molecule has 0 rings (SSSR count). The number of carboxylic acids is 1. The number of carboxylic acid groups (broad SMARTS) is 1. The minimum absolute atomic E-state index is 0.0306. The van der Waals surface area contributed by atoms with Crippen molar-refractivity contribution >= 4 is 11.8 Å². The molecular formula is C22H30O5. The normalized spacial score (nSPS) is 15.2. The summed E-state index contributed by atoms with van der Waals surface area (Å²) in [6.45, 7) is 2.04. The predicted octanol–water partition coefficient (Wildman–Crippen LogP) is 3.67. The molecule has 0 saturated carbocycles. The average Bonchev–Trinajstić information content (AvgIpc) is 2.63. The largest absolute Gasteiger partial charge is 0.481 e. The Morgan fingerprint density at radius 3 is 2.15 bits per heavy atom. The summed E-state index contributed by atoms with van der Waals surface area (Å²) in [5, 5.41) is 27.8. The number of ketones is 1. The van der Waals surface area contributed by atoms with E-state index < -0.39 is 24.0 Å². The third-order valence-corrected chi connectivity index (χ3v) is 3.31. The average molecular weight is 374 g/mol. The van der Waals surface area contributed by atoms with Crippen LogP contribution < -0.4 is 0 Å². The Bertz CT molecular complexity index is 594. The molecule has 5 nitrogen and oxygen atoms in total. The summed E-state index contributed by atoms with van der Waals surface area (Å²) >= 11 is 0. The summed E-state index contributed by atoms with van der Waals surface area (Å²) in [6.07, 6.45) is 20.9. The van der Waals surface area contributed by atoms with Crippen molar-refractivity contribution in [1.82, 2.24) is 0 Å². The van der Waals surface area contributed by atoms with E-state index in [9.17, 15) is 19.8 Å². The molecule has 0 aliphatic carbocycles. The Labute approximate surface area is 161 Å². The standard InChI is InChI=1S/C22H30O5/c1-2-3-9-14-19(23)15-10-6-4-5-7-11-16-20(24)21(25)17-12-8-13-18-22(26)27/h3-12,15-16,19,21,23,25H,2,13-14,17-18H2,1H3,(H,26,27). The van der Waals surface area contributed by atoms with Crippen LogP contribution in [0.25, 0.3) is 0 Å². The Balaban J connectivity index is 4.08. The van der Waals surface area contributed by atoms with Crippen molar-refractivity contribution in [2.45, 2.75) is 51.2 Å². The zero-order valence-electron chi connectivity index (χ0n) is 15.8. The molecule has 2 unspecified atom stereocenters. The van der Waals surface area contributed by atoms with Gasteiger partial charge in [0, 0.05) is 6.42 Å². The maximum absolute atomic E-state index is 11.7. The second-order valence-corrected chi connectivity index (χ2v) is 5.75. The van der Waals surface area contributed by atoms with E-state index in [4.69, 9.17) is 5.11 Å². The minimum atomic E-state index is -1.13. The zero-order valence-corrected chi connectivity index (χ0v) is 15.8. The smallest absolute Gasteiger partial charge is 0.303 e. The maximum atomic E-state index is 11.7. The van der Waals surface area contributed by atoms with E-state index in [-0.39, 0.29) is 12.8 Å². The van der Waals surface area contributed by atoms with E-state index in [1.165, 1.54) is 12.2 Å². The lowest BCUT2D eigenvalue weighted by Gasteiger charge is -2.01. The molecule has 27 heavy (non-hydrogen) atoms. The molecule has 0 heterocycles. The van der Waals surface area contributed by atoms with Gasteiger partial charge in [-0.25, -0.2) is 0 Å². The molecule has 0 spiro atoms. The first-order valence-electron chi connectivity index (χ1n) is 9.07. The van der Waals surface area contributed by atoms with Crippen LogP contribution in [0.1, 0.15) is 39.0 Å². The number of carbonyl (C=O) groups excluding carboxylic acids is 1. The van der Waals surface area contributed by atoms with Gasteiger partial charge in [0.05, 0.1) is 6.10 Å². The van der Waals surface area contributed by atoms with E-state index in [1.54, 1.807) is 48.6 Å². The van der Waals surface area contributed by atoms with Crippen molar-refractivity contribution in [1.29, 1.82) is 0 Å². The maximum Gasteiger partial charge on any atom is 0.303 e. The van der Waals surface area contributed by atoms with Gasteiger partial charge in [0.15, 0.2) is 5.78 Å². The first kappa shape index (κ1) is 24.5. The molecule has 0 fully saturated rings. The molecule has 0 aliphatic heterocycles. The minimum Gasteiger partial charge on any atom is -0.481 e. The number of aliphatic hydroxyl groups is 2. The van der Waals surface area contributed by atoms with Crippen LogP contribution in [0.5, 0.6) is 0 Å². The molecule has 148 valence electrons. The molecular weight excluding hydrogens is 344 g/mol. The lowest BCUT2D eigenvalue weighted by atomic mass is 10.1. The highest BCUT2D eigenvalue weighted by Gasteiger charge is 2.08. The molecule has 0 bridgehead atoms. The summed E-state index contributed by atoms with van der Waals surface area (Å²) < 4.78 is 0. The number of aliphatic hydroxyl groups excluding tert-OH is 2. The quantitative estimate of drug-likeness (QED) is 0.245. The summed E-state index contributed by atoms with van der Waals surface area (Å²) in [6, 6.07) is 0. The molecule has 2 atom stereocenters. The molecule has 0 aromatic heterocycles. The van der Waals surface area contributed by atoms with Gasteiger partial charge in [-0.15, -0.1) is 0 Å². The van der Waals surface area contributed by atoms with Gasteiger partial charge >= 0.3 is 5.97 Å². The lowest BCUT2D eigenvalue weighted by molar-refractivity contribution is -0.136. The van der Waals surface area contributed by atoms with Crippen molar-refractivity contribution < 1.29 is 24.9 Å². The van der Waals surface area contributed by atoms with Crippen LogP contribution in [0, 0.1) is 0 Å². The van der Waals surface area contributed by atoms with Crippen molar-refractivity contribution in [2.75, 3.05) is 0 Å². The van der Waals surface area contributed by atoms with Crippen LogP contribution >= 0.6 is 0 Å². The third kappa shape index (κ3) is 16.7. The predicted molar refractivity (Wildman–Crippen MR) is 108 cm³/mol. The Hall–Kier alpha value is -2.50. The van der Waals surface area contributed by atoms with Crippen molar-refractivity contribution in [3.05, 3.63) is 72.9 Å². The SMILES string of the molecule is CCC=CCC(O)C=CC=CC=CC=CC(=O)C(O)CC=CCCC(=O)O. The number of hydrogen-bond acceptors (Lipinski definition) is 4. The highest BCUT2D eigenvalue weighted by atomic mass is 16.4. The highest BCUT2D eigenvalue weighted by Crippen LogP contribution is 2.00. The van der Waals surface area contributed by atoms with Crippen LogP contribution in [-0.4, -0.2) is 39.3 Å². The van der Waals surface area contributed by atoms with Crippen molar-refractivity contribution in [2.24, 2.45) is 0 Å². The molecule has 0 amide bonds. The van der Waals surface area contributed by atoms with E-state index in [0.29, 0.717) is 12.8 Å². The molecule has 0 aliphatic rings. The van der Waals surface area contributed by atoms with Crippen LogP contribution in [-0.2, 0) is 9.59 Å². The summed E-state index contributed by atoms with van der Waals surface area (Å²) in [5.74, 6) is -1.29. The van der Waals surface area contributed by atoms with Gasteiger partial charge in [-0.05, 0) is 31.8 Å². The molecule has 0 radical (unpaired) electrons. The number of allylic oxidation sites excluding steroid dienone is 8. The number of rotatable bonds is 14. The first-order valence-corrected chi connectivity index (χ1v) is 9.07. The summed E-state index contributed by atoms with van der Waals surface area (Å²) in [4.78, 5) is 22.0.